The molecule has 1 rings (SSSR count). The second kappa shape index (κ2) is 2.68. The normalized spacial score (nSPS) is 29.1. The fraction of sp³-hybridized carbons (Fsp3) is 0.667. The molecule has 11 heavy (non-hydrogen) atoms. The summed E-state index contributed by atoms with van der Waals surface area (Å²) >= 11 is 0. The van der Waals surface area contributed by atoms with Crippen molar-refractivity contribution in [3.05, 3.63) is 10.1 Å². The first-order valence-electron chi connectivity index (χ1n) is 2.71. The molecule has 0 spiro atoms. The fourth-order valence-corrected chi connectivity index (χ4v) is 0.602. The number of aliphatic imine (C=N–C) groups is 1. The van der Waals surface area contributed by atoms with Gasteiger partial charge >= 0.3 is 0 Å². The third kappa shape index (κ3) is 1.75. The van der Waals surface area contributed by atoms with E-state index in [0.29, 0.717) is 0 Å². The molecule has 0 amide bonds. The zero-order valence-electron chi connectivity index (χ0n) is 5.26. The van der Waals surface area contributed by atoms with Crippen LogP contribution in [0, 0.1) is 10.1 Å². The summed E-state index contributed by atoms with van der Waals surface area (Å²) in [6.45, 7) is 0. The third-order valence-electron chi connectivity index (χ3n) is 1.03. The number of hydrogen-bond donors (Lipinski definition) is 4. The average molecular weight is 162 g/mol. The van der Waals surface area contributed by atoms with Crippen LogP contribution in [0.3, 0.4) is 0 Å². The molecular formula is C3H6N4O4. The van der Waals surface area contributed by atoms with Gasteiger partial charge in [-0.25, -0.2) is 15.1 Å². The summed E-state index contributed by atoms with van der Waals surface area (Å²) in [5, 5.41) is 28.5. The summed E-state index contributed by atoms with van der Waals surface area (Å²) < 4.78 is 0. The van der Waals surface area contributed by atoms with Crippen LogP contribution in [0.4, 0.5) is 0 Å². The van der Waals surface area contributed by atoms with Gasteiger partial charge in [-0.15, -0.1) is 0 Å². The lowest BCUT2D eigenvalue weighted by molar-refractivity contribution is -0.525. The van der Waals surface area contributed by atoms with Gasteiger partial charge in [0.1, 0.15) is 0 Å². The Bertz CT molecular complexity index is 204. The van der Waals surface area contributed by atoms with Gasteiger partial charge in [-0.3, -0.25) is 0 Å². The second-order valence-electron chi connectivity index (χ2n) is 1.85. The van der Waals surface area contributed by atoms with E-state index in [9.17, 15) is 10.1 Å². The molecule has 0 fully saturated rings. The minimum atomic E-state index is -1.35. The van der Waals surface area contributed by atoms with Crippen molar-refractivity contribution in [1.82, 2.24) is 10.7 Å². The maximum atomic E-state index is 9.78. The lowest BCUT2D eigenvalue weighted by Gasteiger charge is -2.04. The van der Waals surface area contributed by atoms with Crippen LogP contribution in [0.15, 0.2) is 4.99 Å². The third-order valence-corrected chi connectivity index (χ3v) is 1.03. The van der Waals surface area contributed by atoms with E-state index < -0.39 is 17.5 Å². The van der Waals surface area contributed by atoms with Gasteiger partial charge in [-0.2, -0.15) is 0 Å². The molecule has 0 saturated heterocycles. The van der Waals surface area contributed by atoms with Gasteiger partial charge in [0, 0.05) is 0 Å². The van der Waals surface area contributed by atoms with Crippen molar-refractivity contribution in [2.75, 3.05) is 0 Å². The predicted octanol–water partition coefficient (Wildman–Crippen LogP) is -2.64. The first-order valence-corrected chi connectivity index (χ1v) is 2.71. The Labute approximate surface area is 60.7 Å². The monoisotopic (exact) mass is 162 g/mol. The Morgan fingerprint density at radius 2 is 2.36 bits per heavy atom. The molecule has 0 aromatic rings. The molecule has 0 radical (unpaired) electrons. The molecular weight excluding hydrogens is 156 g/mol. The van der Waals surface area contributed by atoms with Crippen LogP contribution in [0.5, 0.6) is 0 Å². The number of rotatable bonds is 1. The smallest absolute Gasteiger partial charge is 0.259 e. The van der Waals surface area contributed by atoms with Crippen LogP contribution in [0.2, 0.25) is 0 Å². The molecule has 0 saturated carbocycles. The maximum absolute atomic E-state index is 9.78. The average Bonchev–Trinajstić information content (AvgIpc) is 2.10. The molecule has 2 atom stereocenters. The molecule has 1 aliphatic rings. The zero-order chi connectivity index (χ0) is 8.43. The molecule has 0 aliphatic carbocycles. The molecule has 62 valence electrons. The van der Waals surface area contributed by atoms with Gasteiger partial charge in [0.05, 0.1) is 0 Å². The van der Waals surface area contributed by atoms with Crippen LogP contribution in [0.25, 0.3) is 0 Å². The van der Waals surface area contributed by atoms with E-state index in [-0.39, 0.29) is 5.96 Å². The lowest BCUT2D eigenvalue weighted by Crippen LogP contribution is -2.42. The Balaban J connectivity index is 2.50. The van der Waals surface area contributed by atoms with Crippen molar-refractivity contribution in [3.63, 3.8) is 0 Å². The summed E-state index contributed by atoms with van der Waals surface area (Å²) in [4.78, 5) is 13.0. The highest BCUT2D eigenvalue weighted by molar-refractivity contribution is 5.80. The Hall–Kier alpha value is -1.41. The highest BCUT2D eigenvalue weighted by Gasteiger charge is 2.26. The number of nitrogens with zero attached hydrogens (tertiary/aromatic N) is 2. The van der Waals surface area contributed by atoms with Crippen molar-refractivity contribution >= 4 is 5.96 Å². The first kappa shape index (κ1) is 7.69. The van der Waals surface area contributed by atoms with Crippen LogP contribution in [-0.2, 0) is 0 Å². The SMILES string of the molecule is O=[N+]([O-])NC1=N[C@H](O)[C@H](O)N1. The van der Waals surface area contributed by atoms with Crippen molar-refractivity contribution in [1.29, 1.82) is 0 Å². The van der Waals surface area contributed by atoms with Gasteiger partial charge in [0.2, 0.25) is 0 Å². The molecule has 8 heteroatoms. The minimum absolute atomic E-state index is 0.255. The number of hydrazine groups is 1. The number of aliphatic hydroxyl groups is 2. The van der Waals surface area contributed by atoms with Crippen LogP contribution >= 0.6 is 0 Å². The molecule has 8 nitrogen and oxygen atoms in total. The number of nitro groups is 1. The van der Waals surface area contributed by atoms with E-state index in [2.05, 4.69) is 10.3 Å². The van der Waals surface area contributed by atoms with Gasteiger partial charge in [0.25, 0.3) is 5.96 Å². The van der Waals surface area contributed by atoms with E-state index in [1.54, 1.807) is 5.43 Å². The van der Waals surface area contributed by atoms with Crippen molar-refractivity contribution in [2.45, 2.75) is 12.5 Å². The van der Waals surface area contributed by atoms with Crippen molar-refractivity contribution in [2.24, 2.45) is 4.99 Å². The van der Waals surface area contributed by atoms with E-state index >= 15 is 0 Å². The summed E-state index contributed by atoms with van der Waals surface area (Å²) in [6.07, 6.45) is -2.63. The summed E-state index contributed by atoms with van der Waals surface area (Å²) in [5.74, 6) is -0.255. The summed E-state index contributed by atoms with van der Waals surface area (Å²) in [6, 6.07) is 0. The maximum Gasteiger partial charge on any atom is 0.259 e. The number of guanidine groups is 1. The van der Waals surface area contributed by atoms with Crippen LogP contribution in [0.1, 0.15) is 0 Å². The Morgan fingerprint density at radius 3 is 2.73 bits per heavy atom. The topological polar surface area (TPSA) is 120 Å². The van der Waals surface area contributed by atoms with Crippen molar-refractivity contribution < 1.29 is 15.2 Å². The van der Waals surface area contributed by atoms with E-state index in [0.717, 1.165) is 0 Å². The van der Waals surface area contributed by atoms with Crippen LogP contribution in [-0.4, -0.2) is 33.7 Å². The molecule has 1 heterocycles. The molecule has 1 aliphatic heterocycles. The predicted molar refractivity (Wildman–Crippen MR) is 32.7 cm³/mol. The molecule has 4 N–H and O–H groups in total. The Morgan fingerprint density at radius 1 is 1.73 bits per heavy atom. The number of aliphatic hydroxyl groups excluding tert-OH is 2. The van der Waals surface area contributed by atoms with Gasteiger partial charge in [0.15, 0.2) is 17.5 Å². The molecule has 0 bridgehead atoms. The van der Waals surface area contributed by atoms with E-state index in [4.69, 9.17) is 10.2 Å². The molecule has 0 unspecified atom stereocenters. The number of hydrogen-bond acceptors (Lipinski definition) is 6. The van der Waals surface area contributed by atoms with E-state index in [1.807, 2.05) is 0 Å². The van der Waals surface area contributed by atoms with Gasteiger partial charge < -0.3 is 15.5 Å². The van der Waals surface area contributed by atoms with Gasteiger partial charge in [-0.1, -0.05) is 5.43 Å². The van der Waals surface area contributed by atoms with E-state index in [1.165, 1.54) is 0 Å². The number of nitrogens with one attached hydrogen (secondary N) is 2. The minimum Gasteiger partial charge on any atom is -0.369 e. The van der Waals surface area contributed by atoms with Gasteiger partial charge in [-0.05, 0) is 0 Å². The highest BCUT2D eigenvalue weighted by Crippen LogP contribution is 1.98. The Kier molecular flexibility index (Phi) is 1.87. The second-order valence-corrected chi connectivity index (χ2v) is 1.85. The fourth-order valence-electron chi connectivity index (χ4n) is 0.602. The zero-order valence-corrected chi connectivity index (χ0v) is 5.26. The van der Waals surface area contributed by atoms with Crippen LogP contribution < -0.4 is 10.7 Å². The standard InChI is InChI=1S/C3H6N4O4/c8-1-2(9)5-3(4-1)6-7(10)11/h1-2,8-9H,(H2,4,5,6)/t1-,2+. The summed E-state index contributed by atoms with van der Waals surface area (Å²) in [5.41, 5.74) is 1.64. The molecule has 0 aromatic carbocycles. The first-order chi connectivity index (χ1) is 5.09. The highest BCUT2D eigenvalue weighted by atomic mass is 16.7. The van der Waals surface area contributed by atoms with Crippen molar-refractivity contribution in [3.8, 4) is 0 Å². The quantitative estimate of drug-likeness (QED) is 0.247. The lowest BCUT2D eigenvalue weighted by atomic mass is 10.5. The molecule has 0 aromatic heterocycles. The summed E-state index contributed by atoms with van der Waals surface area (Å²) in [7, 11) is 0. The largest absolute Gasteiger partial charge is 0.369 e.